The summed E-state index contributed by atoms with van der Waals surface area (Å²) >= 11 is 0. The van der Waals surface area contributed by atoms with Crippen LogP contribution in [0.1, 0.15) is 42.4 Å². The van der Waals surface area contributed by atoms with Crippen LogP contribution in [0.15, 0.2) is 18.3 Å². The van der Waals surface area contributed by atoms with Crippen molar-refractivity contribution in [3.05, 3.63) is 35.4 Å². The maximum atomic E-state index is 6.01. The minimum Gasteiger partial charge on any atom is -0.381 e. The summed E-state index contributed by atoms with van der Waals surface area (Å²) in [5.41, 5.74) is 3.62. The number of aromatic nitrogens is 4. The summed E-state index contributed by atoms with van der Waals surface area (Å²) in [6, 6.07) is 4.68. The molecule has 1 fully saturated rings. The van der Waals surface area contributed by atoms with Crippen molar-refractivity contribution in [1.29, 1.82) is 0 Å². The number of aryl methyl sites for hydroxylation is 2. The predicted molar refractivity (Wildman–Crippen MR) is 102 cm³/mol. The fourth-order valence-electron chi connectivity index (χ4n) is 4.22. The first kappa shape index (κ1) is 18.7. The Kier molecular flexibility index (Phi) is 5.90. The Bertz CT molecular complexity index is 735. The van der Waals surface area contributed by atoms with Crippen LogP contribution >= 0.6 is 0 Å². The van der Waals surface area contributed by atoms with Crippen molar-refractivity contribution < 1.29 is 9.47 Å². The Labute approximate surface area is 161 Å². The minimum absolute atomic E-state index is 0.368. The highest BCUT2D eigenvalue weighted by Crippen LogP contribution is 2.25. The Morgan fingerprint density at radius 2 is 2.15 bits per heavy atom. The highest BCUT2D eigenvalue weighted by molar-refractivity contribution is 5.10. The second-order valence-corrected chi connectivity index (χ2v) is 7.91. The molecule has 0 bridgehead atoms. The largest absolute Gasteiger partial charge is 0.381 e. The quantitative estimate of drug-likeness (QED) is 0.697. The van der Waals surface area contributed by atoms with Gasteiger partial charge >= 0.3 is 0 Å². The van der Waals surface area contributed by atoms with Crippen molar-refractivity contribution in [2.45, 2.75) is 45.3 Å². The molecule has 2 aromatic heterocycles. The predicted octanol–water partition coefficient (Wildman–Crippen LogP) is 2.32. The molecule has 4 heterocycles. The molecule has 0 spiro atoms. The molecule has 7 nitrogen and oxygen atoms in total. The maximum absolute atomic E-state index is 6.01. The molecule has 0 unspecified atom stereocenters. The van der Waals surface area contributed by atoms with Crippen molar-refractivity contribution in [2.24, 2.45) is 13.0 Å². The molecule has 0 radical (unpaired) electrons. The van der Waals surface area contributed by atoms with Crippen LogP contribution in [0.25, 0.3) is 0 Å². The summed E-state index contributed by atoms with van der Waals surface area (Å²) in [6.45, 7) is 8.32. The van der Waals surface area contributed by atoms with Crippen LogP contribution in [0.3, 0.4) is 0 Å². The van der Waals surface area contributed by atoms with E-state index in [1.165, 1.54) is 11.4 Å². The van der Waals surface area contributed by atoms with Gasteiger partial charge in [0.15, 0.2) is 0 Å². The summed E-state index contributed by atoms with van der Waals surface area (Å²) in [4.78, 5) is 2.50. The smallest absolute Gasteiger partial charge is 0.0672 e. The van der Waals surface area contributed by atoms with Gasteiger partial charge in [-0.15, -0.1) is 0 Å². The summed E-state index contributed by atoms with van der Waals surface area (Å²) in [7, 11) is 2.03. The van der Waals surface area contributed by atoms with E-state index < -0.39 is 0 Å². The topological polar surface area (TPSA) is 57.3 Å². The maximum Gasteiger partial charge on any atom is 0.0672 e. The van der Waals surface area contributed by atoms with E-state index >= 15 is 0 Å². The second-order valence-electron chi connectivity index (χ2n) is 7.91. The van der Waals surface area contributed by atoms with E-state index in [0.717, 1.165) is 71.0 Å². The second kappa shape index (κ2) is 8.54. The molecule has 27 heavy (non-hydrogen) atoms. The fraction of sp³-hybridized carbons (Fsp3) is 0.700. The van der Waals surface area contributed by atoms with Crippen molar-refractivity contribution in [3.8, 4) is 0 Å². The molecule has 4 rings (SSSR count). The van der Waals surface area contributed by atoms with Crippen molar-refractivity contribution in [1.82, 2.24) is 24.5 Å². The summed E-state index contributed by atoms with van der Waals surface area (Å²) < 4.78 is 15.6. The zero-order valence-corrected chi connectivity index (χ0v) is 16.5. The number of rotatable bonds is 7. The number of hydrogen-bond acceptors (Lipinski definition) is 5. The van der Waals surface area contributed by atoms with E-state index in [2.05, 4.69) is 31.9 Å². The lowest BCUT2D eigenvalue weighted by Gasteiger charge is -2.34. The number of nitrogens with zero attached hydrogens (tertiary/aromatic N) is 5. The van der Waals surface area contributed by atoms with Crippen molar-refractivity contribution in [3.63, 3.8) is 0 Å². The normalized spacial score (nSPS) is 21.5. The van der Waals surface area contributed by atoms with Crippen LogP contribution in [-0.2, 0) is 29.6 Å². The van der Waals surface area contributed by atoms with Gasteiger partial charge in [-0.05, 0) is 44.2 Å². The molecule has 7 heteroatoms. The molecule has 0 amide bonds. The summed E-state index contributed by atoms with van der Waals surface area (Å²) in [6.07, 6.45) is 5.18. The molecular formula is C20H31N5O2. The van der Waals surface area contributed by atoms with Gasteiger partial charge in [-0.2, -0.15) is 10.2 Å². The zero-order chi connectivity index (χ0) is 18.6. The van der Waals surface area contributed by atoms with Gasteiger partial charge in [-0.1, -0.05) is 0 Å². The van der Waals surface area contributed by atoms with Gasteiger partial charge in [0.1, 0.15) is 0 Å². The van der Waals surface area contributed by atoms with Crippen LogP contribution in [0.5, 0.6) is 0 Å². The minimum atomic E-state index is 0.368. The number of hydrogen-bond donors (Lipinski definition) is 0. The van der Waals surface area contributed by atoms with E-state index in [-0.39, 0.29) is 0 Å². The Balaban J connectivity index is 1.32. The first-order valence-electron chi connectivity index (χ1n) is 10.1. The highest BCUT2D eigenvalue weighted by atomic mass is 16.5. The average molecular weight is 374 g/mol. The van der Waals surface area contributed by atoms with Crippen LogP contribution in [0.4, 0.5) is 0 Å². The van der Waals surface area contributed by atoms with Crippen LogP contribution < -0.4 is 0 Å². The summed E-state index contributed by atoms with van der Waals surface area (Å²) in [5.74, 6) is 0.662. The molecule has 0 N–H and O–H groups in total. The van der Waals surface area contributed by atoms with Gasteiger partial charge in [-0.25, -0.2) is 0 Å². The summed E-state index contributed by atoms with van der Waals surface area (Å²) in [5, 5.41) is 9.05. The number of ether oxygens (including phenoxy) is 2. The Hall–Kier alpha value is -1.70. The molecule has 1 saturated heterocycles. The van der Waals surface area contributed by atoms with E-state index in [0.29, 0.717) is 12.0 Å². The van der Waals surface area contributed by atoms with Gasteiger partial charge < -0.3 is 9.47 Å². The zero-order valence-electron chi connectivity index (χ0n) is 16.5. The lowest BCUT2D eigenvalue weighted by atomic mass is 10.0. The first-order valence-corrected chi connectivity index (χ1v) is 10.1. The van der Waals surface area contributed by atoms with Gasteiger partial charge in [0, 0.05) is 59.3 Å². The third-order valence-electron chi connectivity index (χ3n) is 5.73. The molecule has 0 saturated carbocycles. The molecule has 148 valence electrons. The van der Waals surface area contributed by atoms with Gasteiger partial charge in [0.05, 0.1) is 23.1 Å². The molecule has 2 aliphatic heterocycles. The monoisotopic (exact) mass is 373 g/mol. The Morgan fingerprint density at radius 3 is 2.93 bits per heavy atom. The molecule has 0 aromatic carbocycles. The van der Waals surface area contributed by atoms with Crippen LogP contribution in [-0.4, -0.2) is 57.4 Å². The van der Waals surface area contributed by atoms with Crippen LogP contribution in [0, 0.1) is 12.8 Å². The fourth-order valence-corrected chi connectivity index (χ4v) is 4.22. The van der Waals surface area contributed by atoms with E-state index in [1.54, 1.807) is 0 Å². The Morgan fingerprint density at radius 1 is 1.30 bits per heavy atom. The first-order chi connectivity index (χ1) is 13.2. The molecule has 2 aliphatic rings. The third kappa shape index (κ3) is 4.59. The van der Waals surface area contributed by atoms with Crippen molar-refractivity contribution in [2.75, 3.05) is 33.0 Å². The number of fused-ring (bicyclic) bond motifs is 1. The van der Waals surface area contributed by atoms with Gasteiger partial charge in [0.2, 0.25) is 0 Å². The molecular weight excluding hydrogens is 342 g/mol. The SMILES string of the molecule is Cc1cc(CN2Cc3ccnn3[C@@H](CCOCC3CCOCC3)C2)n(C)n1. The van der Waals surface area contributed by atoms with Gasteiger partial charge in [0.25, 0.3) is 0 Å². The molecule has 0 aliphatic carbocycles. The van der Waals surface area contributed by atoms with E-state index in [1.807, 2.05) is 24.9 Å². The average Bonchev–Trinajstić information content (AvgIpc) is 3.25. The van der Waals surface area contributed by atoms with E-state index in [9.17, 15) is 0 Å². The van der Waals surface area contributed by atoms with Crippen LogP contribution in [0.2, 0.25) is 0 Å². The lowest BCUT2D eigenvalue weighted by molar-refractivity contribution is 0.0154. The van der Waals surface area contributed by atoms with E-state index in [4.69, 9.17) is 9.47 Å². The highest BCUT2D eigenvalue weighted by Gasteiger charge is 2.26. The lowest BCUT2D eigenvalue weighted by Crippen LogP contribution is -2.38. The standard InChI is InChI=1S/C20H31N5O2/c1-16-11-20(23(2)22-16)14-24-12-18-3-7-21-25(18)19(13-24)6-10-27-15-17-4-8-26-9-5-17/h3,7,11,17,19H,4-6,8-10,12-15H2,1-2H3/t19-/m0/s1. The van der Waals surface area contributed by atoms with Gasteiger partial charge in [-0.3, -0.25) is 14.3 Å². The van der Waals surface area contributed by atoms with Crippen molar-refractivity contribution >= 4 is 0 Å². The third-order valence-corrected chi connectivity index (χ3v) is 5.73. The molecule has 1 atom stereocenters. The molecule has 2 aromatic rings.